The predicted octanol–water partition coefficient (Wildman–Crippen LogP) is -0.0160. The number of aldehydes is 1. The van der Waals surface area contributed by atoms with Crippen molar-refractivity contribution in [3.05, 3.63) is 0 Å². The van der Waals surface area contributed by atoms with Crippen molar-refractivity contribution in [3.8, 4) is 0 Å². The summed E-state index contributed by atoms with van der Waals surface area (Å²) in [5, 5.41) is 3.05. The van der Waals surface area contributed by atoms with E-state index in [0.29, 0.717) is 11.7 Å². The van der Waals surface area contributed by atoms with Gasteiger partial charge in [0.15, 0.2) is 0 Å². The molecule has 5 heteroatoms. The minimum absolute atomic E-state index is 0.0325. The Morgan fingerprint density at radius 3 is 3.00 bits per heavy atom. The molecule has 1 rings (SSSR count). The zero-order valence-electron chi connectivity index (χ0n) is 7.82. The van der Waals surface area contributed by atoms with Crippen LogP contribution in [0.4, 0.5) is 0 Å². The maximum absolute atomic E-state index is 10.5. The van der Waals surface area contributed by atoms with Crippen molar-refractivity contribution < 1.29 is 9.53 Å². The summed E-state index contributed by atoms with van der Waals surface area (Å²) in [6.07, 6.45) is 0.816. The van der Waals surface area contributed by atoms with Crippen LogP contribution in [0.5, 0.6) is 0 Å². The number of likely N-dealkylation sites (N-methyl/N-ethyl adjacent to an activating group) is 1. The third kappa shape index (κ3) is 2.46. The molecule has 0 aromatic carbocycles. The Kier molecular flexibility index (Phi) is 3.77. The lowest BCUT2D eigenvalue weighted by Crippen LogP contribution is -2.41. The second-order valence-corrected chi connectivity index (χ2v) is 3.51. The number of thiocarbonyl (C=S) groups is 1. The molecule has 2 unspecified atom stereocenters. The van der Waals surface area contributed by atoms with Crippen LogP contribution < -0.4 is 5.32 Å². The van der Waals surface area contributed by atoms with Gasteiger partial charge in [-0.1, -0.05) is 12.2 Å². The Bertz CT molecular complexity index is 204. The maximum atomic E-state index is 10.5. The van der Waals surface area contributed by atoms with Gasteiger partial charge >= 0.3 is 0 Å². The summed E-state index contributed by atoms with van der Waals surface area (Å²) in [5.41, 5.74) is 0. The first-order valence-electron chi connectivity index (χ1n) is 4.21. The van der Waals surface area contributed by atoms with Gasteiger partial charge in [-0.2, -0.15) is 0 Å². The van der Waals surface area contributed by atoms with Gasteiger partial charge in [0.05, 0.1) is 17.6 Å². The van der Waals surface area contributed by atoms with Gasteiger partial charge < -0.3 is 14.4 Å². The summed E-state index contributed by atoms with van der Waals surface area (Å²) in [4.78, 5) is 13.0. The summed E-state index contributed by atoms with van der Waals surface area (Å²) >= 11 is 5.12. The number of nitrogens with zero attached hydrogens (tertiary/aromatic N) is 1. The van der Waals surface area contributed by atoms with Gasteiger partial charge in [0, 0.05) is 13.6 Å². The highest BCUT2D eigenvalue weighted by molar-refractivity contribution is 7.80. The van der Waals surface area contributed by atoms with E-state index in [1.165, 1.54) is 0 Å². The molecule has 0 amide bonds. The molecule has 1 aliphatic rings. The van der Waals surface area contributed by atoms with Crippen LogP contribution in [0.3, 0.4) is 0 Å². The summed E-state index contributed by atoms with van der Waals surface area (Å²) in [5.74, 6) is -0.218. The van der Waals surface area contributed by atoms with Crippen LogP contribution in [0, 0.1) is 5.92 Å². The molecule has 2 atom stereocenters. The highest BCUT2D eigenvalue weighted by atomic mass is 32.1. The van der Waals surface area contributed by atoms with E-state index in [2.05, 4.69) is 5.32 Å². The molecule has 0 radical (unpaired) electrons. The third-order valence-electron chi connectivity index (χ3n) is 2.07. The van der Waals surface area contributed by atoms with Crippen LogP contribution >= 0.6 is 12.2 Å². The van der Waals surface area contributed by atoms with Crippen molar-refractivity contribution >= 4 is 23.5 Å². The number of carbonyl (C=O) groups excluding carboxylic acids is 1. The van der Waals surface area contributed by atoms with E-state index in [0.717, 1.165) is 12.8 Å². The molecule has 1 aliphatic heterocycles. The highest BCUT2D eigenvalue weighted by Crippen LogP contribution is 2.08. The van der Waals surface area contributed by atoms with Crippen LogP contribution in [0.2, 0.25) is 0 Å². The van der Waals surface area contributed by atoms with Crippen LogP contribution in [-0.2, 0) is 9.53 Å². The fraction of sp³-hybridized carbons (Fsp3) is 0.750. The van der Waals surface area contributed by atoms with Crippen molar-refractivity contribution in [2.75, 3.05) is 20.3 Å². The molecule has 0 aromatic heterocycles. The maximum Gasteiger partial charge on any atom is 0.144 e. The van der Waals surface area contributed by atoms with Gasteiger partial charge in [-0.3, -0.25) is 5.32 Å². The lowest BCUT2D eigenvalue weighted by Gasteiger charge is -2.26. The van der Waals surface area contributed by atoms with Gasteiger partial charge in [0.1, 0.15) is 12.5 Å². The average molecular weight is 202 g/mol. The van der Waals surface area contributed by atoms with E-state index in [1.54, 1.807) is 6.92 Å². The zero-order valence-corrected chi connectivity index (χ0v) is 8.63. The number of carbonyl (C=O) groups is 1. The average Bonchev–Trinajstić information content (AvgIpc) is 2.67. The first-order chi connectivity index (χ1) is 6.16. The van der Waals surface area contributed by atoms with Crippen molar-refractivity contribution in [1.82, 2.24) is 10.2 Å². The minimum Gasteiger partial charge on any atom is -0.342 e. The Morgan fingerprint density at radius 2 is 2.54 bits per heavy atom. The smallest absolute Gasteiger partial charge is 0.144 e. The normalized spacial score (nSPS) is 24.0. The van der Waals surface area contributed by atoms with E-state index in [9.17, 15) is 4.79 Å². The first kappa shape index (κ1) is 10.6. The molecular formula is C8H14N2O2S. The number of ether oxygens (including phenoxy) is 1. The molecule has 74 valence electrons. The van der Waals surface area contributed by atoms with Gasteiger partial charge in [-0.05, 0) is 6.92 Å². The van der Waals surface area contributed by atoms with Crippen molar-refractivity contribution in [2.45, 2.75) is 13.2 Å². The summed E-state index contributed by atoms with van der Waals surface area (Å²) in [6, 6.07) is 0. The summed E-state index contributed by atoms with van der Waals surface area (Å²) in [7, 11) is 1.85. The summed E-state index contributed by atoms with van der Waals surface area (Å²) in [6.45, 7) is 3.09. The largest absolute Gasteiger partial charge is 0.342 e. The second kappa shape index (κ2) is 4.64. The third-order valence-corrected chi connectivity index (χ3v) is 2.73. The predicted molar refractivity (Wildman–Crippen MR) is 53.3 cm³/mol. The van der Waals surface area contributed by atoms with E-state index in [1.807, 2.05) is 11.9 Å². The van der Waals surface area contributed by atoms with Crippen LogP contribution in [0.25, 0.3) is 0 Å². The minimum atomic E-state index is -0.218. The molecule has 13 heavy (non-hydrogen) atoms. The standard InChI is InChI=1S/C8H14N2O2S/c1-6(4-11)8(13)10(2)7-3-9-5-12-7/h4,6-7,9H,3,5H2,1-2H3. The van der Waals surface area contributed by atoms with Crippen molar-refractivity contribution in [1.29, 1.82) is 0 Å². The topological polar surface area (TPSA) is 41.6 Å². The second-order valence-electron chi connectivity index (χ2n) is 3.09. The van der Waals surface area contributed by atoms with Gasteiger partial charge in [-0.15, -0.1) is 0 Å². The molecule has 0 saturated carbocycles. The fourth-order valence-electron chi connectivity index (χ4n) is 1.17. The lowest BCUT2D eigenvalue weighted by atomic mass is 10.2. The molecule has 0 aromatic rings. The van der Waals surface area contributed by atoms with Gasteiger partial charge in [0.25, 0.3) is 0 Å². The van der Waals surface area contributed by atoms with E-state index in [4.69, 9.17) is 17.0 Å². The Morgan fingerprint density at radius 1 is 1.85 bits per heavy atom. The molecule has 4 nitrogen and oxygen atoms in total. The zero-order chi connectivity index (χ0) is 9.84. The molecule has 1 N–H and O–H groups in total. The lowest BCUT2D eigenvalue weighted by molar-refractivity contribution is -0.109. The van der Waals surface area contributed by atoms with Crippen LogP contribution in [0.1, 0.15) is 6.92 Å². The molecule has 0 spiro atoms. The molecule has 1 saturated heterocycles. The molecule has 0 aliphatic carbocycles. The van der Waals surface area contributed by atoms with E-state index < -0.39 is 0 Å². The number of hydrogen-bond donors (Lipinski definition) is 1. The SMILES string of the molecule is CC(C=O)C(=S)N(C)C1CNCO1. The van der Waals surface area contributed by atoms with Crippen LogP contribution in [-0.4, -0.2) is 42.7 Å². The summed E-state index contributed by atoms with van der Waals surface area (Å²) < 4.78 is 5.34. The monoisotopic (exact) mass is 202 g/mol. The van der Waals surface area contributed by atoms with Crippen molar-refractivity contribution in [3.63, 3.8) is 0 Å². The Balaban J connectivity index is 2.50. The highest BCUT2D eigenvalue weighted by Gasteiger charge is 2.23. The number of nitrogens with one attached hydrogen (secondary N) is 1. The van der Waals surface area contributed by atoms with Gasteiger partial charge in [-0.25, -0.2) is 0 Å². The Labute approximate surface area is 83.2 Å². The fourth-order valence-corrected chi connectivity index (χ4v) is 1.34. The molecule has 1 fully saturated rings. The van der Waals surface area contributed by atoms with E-state index in [-0.39, 0.29) is 12.1 Å². The van der Waals surface area contributed by atoms with E-state index >= 15 is 0 Å². The van der Waals surface area contributed by atoms with Gasteiger partial charge in [0.2, 0.25) is 0 Å². The number of rotatable bonds is 3. The quantitative estimate of drug-likeness (QED) is 0.515. The molecule has 0 bridgehead atoms. The first-order valence-corrected chi connectivity index (χ1v) is 4.62. The molecule has 1 heterocycles. The van der Waals surface area contributed by atoms with Crippen molar-refractivity contribution in [2.24, 2.45) is 5.92 Å². The Hall–Kier alpha value is -0.520. The molecular weight excluding hydrogens is 188 g/mol. The van der Waals surface area contributed by atoms with Crippen LogP contribution in [0.15, 0.2) is 0 Å². The number of hydrogen-bond acceptors (Lipinski definition) is 4.